The number of hydrogen-bond donors (Lipinski definition) is 1. The van der Waals surface area contributed by atoms with Gasteiger partial charge in [-0.15, -0.1) is 0 Å². The first-order valence-corrected chi connectivity index (χ1v) is 5.79. The highest BCUT2D eigenvalue weighted by Gasteiger charge is 2.20. The molecule has 3 nitrogen and oxygen atoms in total. The highest BCUT2D eigenvalue weighted by molar-refractivity contribution is 9.10. The molecule has 0 heterocycles. The van der Waals surface area contributed by atoms with Gasteiger partial charge in [0.05, 0.1) is 11.3 Å². The Labute approximate surface area is 104 Å². The standard InChI is InChI=1S/C12H16BrNO2/c1-7-5-6-8(10(14)9(7)13)11(15)16-12(2,3)4/h5-6H,14H2,1-4H3. The van der Waals surface area contributed by atoms with Crippen molar-refractivity contribution in [2.45, 2.75) is 33.3 Å². The molecule has 0 atom stereocenters. The normalized spacial score (nSPS) is 11.3. The Morgan fingerprint density at radius 1 is 1.38 bits per heavy atom. The summed E-state index contributed by atoms with van der Waals surface area (Å²) >= 11 is 3.35. The maximum Gasteiger partial charge on any atom is 0.340 e. The largest absolute Gasteiger partial charge is 0.456 e. The lowest BCUT2D eigenvalue weighted by Gasteiger charge is -2.20. The van der Waals surface area contributed by atoms with Gasteiger partial charge in [-0.05, 0) is 55.3 Å². The Morgan fingerprint density at radius 3 is 2.44 bits per heavy atom. The minimum absolute atomic E-state index is 0.396. The summed E-state index contributed by atoms with van der Waals surface area (Å²) in [4.78, 5) is 11.8. The summed E-state index contributed by atoms with van der Waals surface area (Å²) in [6.07, 6.45) is 0. The van der Waals surface area contributed by atoms with Crippen LogP contribution in [0.1, 0.15) is 36.7 Å². The summed E-state index contributed by atoms with van der Waals surface area (Å²) < 4.78 is 6.01. The van der Waals surface area contributed by atoms with Crippen LogP contribution in [0.2, 0.25) is 0 Å². The second-order valence-corrected chi connectivity index (χ2v) is 5.45. The second-order valence-electron chi connectivity index (χ2n) is 4.66. The number of benzene rings is 1. The van der Waals surface area contributed by atoms with Gasteiger partial charge in [0.1, 0.15) is 5.60 Å². The third-order valence-electron chi connectivity index (χ3n) is 1.99. The van der Waals surface area contributed by atoms with E-state index < -0.39 is 11.6 Å². The third kappa shape index (κ3) is 2.98. The Morgan fingerprint density at radius 2 is 1.94 bits per heavy atom. The minimum Gasteiger partial charge on any atom is -0.456 e. The van der Waals surface area contributed by atoms with E-state index in [0.29, 0.717) is 11.3 Å². The van der Waals surface area contributed by atoms with Gasteiger partial charge in [-0.1, -0.05) is 6.07 Å². The van der Waals surface area contributed by atoms with Crippen LogP contribution in [0, 0.1) is 6.92 Å². The fourth-order valence-corrected chi connectivity index (χ4v) is 1.56. The monoisotopic (exact) mass is 285 g/mol. The van der Waals surface area contributed by atoms with E-state index in [-0.39, 0.29) is 0 Å². The van der Waals surface area contributed by atoms with Crippen LogP contribution in [0.5, 0.6) is 0 Å². The quantitative estimate of drug-likeness (QED) is 0.636. The van der Waals surface area contributed by atoms with E-state index in [9.17, 15) is 4.79 Å². The van der Waals surface area contributed by atoms with Crippen LogP contribution in [0.4, 0.5) is 5.69 Å². The van der Waals surface area contributed by atoms with Crippen molar-refractivity contribution in [3.05, 3.63) is 27.7 Å². The van der Waals surface area contributed by atoms with Crippen molar-refractivity contribution < 1.29 is 9.53 Å². The molecular weight excluding hydrogens is 270 g/mol. The first-order valence-electron chi connectivity index (χ1n) is 5.00. The molecule has 0 saturated heterocycles. The zero-order valence-corrected chi connectivity index (χ0v) is 11.5. The number of carbonyl (C=O) groups excluding carboxylic acids is 1. The number of rotatable bonds is 1. The van der Waals surface area contributed by atoms with Crippen LogP contribution in [-0.2, 0) is 4.74 Å². The number of nitrogens with two attached hydrogens (primary N) is 1. The Balaban J connectivity index is 3.06. The number of nitrogen functional groups attached to an aromatic ring is 1. The highest BCUT2D eigenvalue weighted by atomic mass is 79.9. The second kappa shape index (κ2) is 4.45. The van der Waals surface area contributed by atoms with Crippen LogP contribution in [0.25, 0.3) is 0 Å². The summed E-state index contributed by atoms with van der Waals surface area (Å²) in [7, 11) is 0. The molecule has 0 amide bonds. The van der Waals surface area contributed by atoms with E-state index in [2.05, 4.69) is 15.9 Å². The first kappa shape index (κ1) is 13.0. The van der Waals surface area contributed by atoms with Gasteiger partial charge in [0.2, 0.25) is 0 Å². The SMILES string of the molecule is Cc1ccc(C(=O)OC(C)(C)C)c(N)c1Br. The summed E-state index contributed by atoms with van der Waals surface area (Å²) in [5.41, 5.74) is 7.15. The third-order valence-corrected chi connectivity index (χ3v) is 3.04. The molecule has 0 aliphatic carbocycles. The number of halogens is 1. The van der Waals surface area contributed by atoms with Crippen molar-refractivity contribution in [2.75, 3.05) is 5.73 Å². The molecule has 0 radical (unpaired) electrons. The van der Waals surface area contributed by atoms with Gasteiger partial charge in [-0.3, -0.25) is 0 Å². The fourth-order valence-electron chi connectivity index (χ4n) is 1.21. The van der Waals surface area contributed by atoms with E-state index in [1.54, 1.807) is 6.07 Å². The summed E-state index contributed by atoms with van der Waals surface area (Å²) in [6.45, 7) is 7.39. The Bertz CT molecular complexity index is 422. The zero-order valence-electron chi connectivity index (χ0n) is 9.93. The van der Waals surface area contributed by atoms with E-state index in [1.807, 2.05) is 33.8 Å². The molecule has 0 spiro atoms. The van der Waals surface area contributed by atoms with E-state index in [1.165, 1.54) is 0 Å². The first-order chi connectivity index (χ1) is 7.22. The van der Waals surface area contributed by atoms with Crippen LogP contribution in [0.3, 0.4) is 0 Å². The van der Waals surface area contributed by atoms with Crippen molar-refractivity contribution in [1.29, 1.82) is 0 Å². The lowest BCUT2D eigenvalue weighted by Crippen LogP contribution is -2.24. The number of aryl methyl sites for hydroxylation is 1. The van der Waals surface area contributed by atoms with Crippen molar-refractivity contribution in [1.82, 2.24) is 0 Å². The molecule has 0 saturated carbocycles. The van der Waals surface area contributed by atoms with Crippen LogP contribution in [0.15, 0.2) is 16.6 Å². The molecular formula is C12H16BrNO2. The number of esters is 1. The van der Waals surface area contributed by atoms with Gasteiger partial charge in [-0.25, -0.2) is 4.79 Å². The summed E-state index contributed by atoms with van der Waals surface area (Å²) in [5, 5.41) is 0. The number of carbonyl (C=O) groups is 1. The lowest BCUT2D eigenvalue weighted by atomic mass is 10.1. The average molecular weight is 286 g/mol. The van der Waals surface area contributed by atoms with E-state index in [0.717, 1.165) is 10.0 Å². The zero-order chi connectivity index (χ0) is 12.5. The van der Waals surface area contributed by atoms with Gasteiger partial charge in [0, 0.05) is 4.47 Å². The molecule has 0 unspecified atom stereocenters. The molecule has 16 heavy (non-hydrogen) atoms. The van der Waals surface area contributed by atoms with Crippen molar-refractivity contribution in [3.8, 4) is 0 Å². The number of hydrogen-bond acceptors (Lipinski definition) is 3. The Kier molecular flexibility index (Phi) is 3.63. The lowest BCUT2D eigenvalue weighted by molar-refractivity contribution is 0.00708. The van der Waals surface area contributed by atoms with Gasteiger partial charge in [0.25, 0.3) is 0 Å². The highest BCUT2D eigenvalue weighted by Crippen LogP contribution is 2.28. The molecule has 4 heteroatoms. The average Bonchev–Trinajstić information content (AvgIpc) is 2.11. The molecule has 88 valence electrons. The molecule has 1 aromatic carbocycles. The van der Waals surface area contributed by atoms with Crippen LogP contribution < -0.4 is 5.73 Å². The molecule has 0 aliphatic heterocycles. The maximum absolute atomic E-state index is 11.8. The predicted octanol–water partition coefficient (Wildman–Crippen LogP) is 3.30. The smallest absolute Gasteiger partial charge is 0.340 e. The molecule has 2 N–H and O–H groups in total. The topological polar surface area (TPSA) is 52.3 Å². The molecule has 0 bridgehead atoms. The maximum atomic E-state index is 11.8. The van der Waals surface area contributed by atoms with E-state index >= 15 is 0 Å². The molecule has 1 rings (SSSR count). The van der Waals surface area contributed by atoms with Crippen LogP contribution in [-0.4, -0.2) is 11.6 Å². The van der Waals surface area contributed by atoms with Gasteiger partial charge in [0.15, 0.2) is 0 Å². The predicted molar refractivity (Wildman–Crippen MR) is 68.5 cm³/mol. The Hall–Kier alpha value is -1.03. The van der Waals surface area contributed by atoms with Crippen molar-refractivity contribution in [2.24, 2.45) is 0 Å². The minimum atomic E-state index is -0.513. The molecule has 0 aliphatic rings. The van der Waals surface area contributed by atoms with Crippen LogP contribution >= 0.6 is 15.9 Å². The van der Waals surface area contributed by atoms with Crippen molar-refractivity contribution >= 4 is 27.6 Å². The molecule has 0 aromatic heterocycles. The van der Waals surface area contributed by atoms with Gasteiger partial charge in [-0.2, -0.15) is 0 Å². The molecule has 0 fully saturated rings. The van der Waals surface area contributed by atoms with E-state index in [4.69, 9.17) is 10.5 Å². The summed E-state index contributed by atoms with van der Waals surface area (Å²) in [5.74, 6) is -0.397. The summed E-state index contributed by atoms with van der Waals surface area (Å²) in [6, 6.07) is 3.52. The number of anilines is 1. The fraction of sp³-hybridized carbons (Fsp3) is 0.417. The number of ether oxygens (including phenoxy) is 1. The molecule has 1 aromatic rings. The van der Waals surface area contributed by atoms with Crippen molar-refractivity contribution in [3.63, 3.8) is 0 Å². The van der Waals surface area contributed by atoms with Gasteiger partial charge < -0.3 is 10.5 Å². The van der Waals surface area contributed by atoms with Gasteiger partial charge >= 0.3 is 5.97 Å².